The minimum absolute atomic E-state index is 0.358. The minimum atomic E-state index is 0.358. The van der Waals surface area contributed by atoms with Crippen LogP contribution in [-0.2, 0) is 0 Å². The fraction of sp³-hybridized carbons (Fsp3) is 0.333. The van der Waals surface area contributed by atoms with E-state index in [1.54, 1.807) is 17.4 Å². The number of nitrogens with two attached hydrogens (primary N) is 1. The average Bonchev–Trinajstić information content (AvgIpc) is 2.40. The van der Waals surface area contributed by atoms with Crippen LogP contribution in [0.4, 0.5) is 5.82 Å². The van der Waals surface area contributed by atoms with Gasteiger partial charge in [-0.25, -0.2) is 4.98 Å². The van der Waals surface area contributed by atoms with Gasteiger partial charge >= 0.3 is 0 Å². The Hall–Kier alpha value is -1.10. The molecule has 0 amide bonds. The zero-order chi connectivity index (χ0) is 8.27. The van der Waals surface area contributed by atoms with Crippen molar-refractivity contribution in [2.75, 3.05) is 11.4 Å². The predicted octanol–water partition coefficient (Wildman–Crippen LogP) is 0.480. The van der Waals surface area contributed by atoms with Crippen molar-refractivity contribution < 1.29 is 0 Å². The van der Waals surface area contributed by atoms with Crippen molar-refractivity contribution in [2.45, 2.75) is 6.92 Å². The maximum absolute atomic E-state index is 5.45. The fourth-order valence-electron chi connectivity index (χ4n) is 0.841. The summed E-state index contributed by atoms with van der Waals surface area (Å²) >= 11 is 4.82. The molecule has 0 atom stereocenters. The Kier molecular flexibility index (Phi) is 2.43. The molecule has 0 aliphatic carbocycles. The van der Waals surface area contributed by atoms with Gasteiger partial charge in [0.2, 0.25) is 0 Å². The number of imidazole rings is 1. The van der Waals surface area contributed by atoms with Crippen LogP contribution < -0.4 is 10.6 Å². The molecule has 1 rings (SSSR count). The Bertz CT molecular complexity index is 231. The predicted molar refractivity (Wildman–Crippen MR) is 48.4 cm³/mol. The summed E-state index contributed by atoms with van der Waals surface area (Å²) in [6.07, 6.45) is 3.28. The maximum atomic E-state index is 5.45. The molecular weight excluding hydrogens is 160 g/mol. The van der Waals surface area contributed by atoms with E-state index in [1.807, 2.05) is 6.92 Å². The molecule has 0 fully saturated rings. The van der Waals surface area contributed by atoms with Gasteiger partial charge in [-0.2, -0.15) is 0 Å². The lowest BCUT2D eigenvalue weighted by Gasteiger charge is -2.17. The van der Waals surface area contributed by atoms with Crippen molar-refractivity contribution in [1.29, 1.82) is 0 Å². The van der Waals surface area contributed by atoms with Crippen LogP contribution in [0.2, 0.25) is 0 Å². The van der Waals surface area contributed by atoms with Gasteiger partial charge in [0.1, 0.15) is 5.82 Å². The lowest BCUT2D eigenvalue weighted by molar-refractivity contribution is 1.03. The van der Waals surface area contributed by atoms with Crippen LogP contribution in [0.1, 0.15) is 6.92 Å². The van der Waals surface area contributed by atoms with Crippen LogP contribution in [-0.4, -0.2) is 21.6 Å². The summed E-state index contributed by atoms with van der Waals surface area (Å²) in [6, 6.07) is 0. The molecule has 1 heterocycles. The van der Waals surface area contributed by atoms with E-state index < -0.39 is 0 Å². The van der Waals surface area contributed by atoms with Crippen LogP contribution in [0.3, 0.4) is 0 Å². The number of hydrogen-bond acceptors (Lipinski definition) is 2. The van der Waals surface area contributed by atoms with Crippen molar-refractivity contribution >= 4 is 23.1 Å². The van der Waals surface area contributed by atoms with Crippen LogP contribution in [0.25, 0.3) is 0 Å². The average molecular weight is 170 g/mol. The lowest BCUT2D eigenvalue weighted by atomic mass is 10.5. The van der Waals surface area contributed by atoms with Gasteiger partial charge < -0.3 is 15.6 Å². The van der Waals surface area contributed by atoms with Gasteiger partial charge in [-0.15, -0.1) is 0 Å². The smallest absolute Gasteiger partial charge is 0.171 e. The summed E-state index contributed by atoms with van der Waals surface area (Å²) < 4.78 is 0. The van der Waals surface area contributed by atoms with Crippen molar-refractivity contribution in [1.82, 2.24) is 9.97 Å². The first-order valence-electron chi connectivity index (χ1n) is 3.31. The molecule has 60 valence electrons. The Morgan fingerprint density at radius 2 is 2.64 bits per heavy atom. The second kappa shape index (κ2) is 3.34. The molecule has 5 heteroatoms. The third kappa shape index (κ3) is 1.68. The number of rotatable bonds is 2. The van der Waals surface area contributed by atoms with E-state index in [9.17, 15) is 0 Å². The molecule has 1 aromatic heterocycles. The highest BCUT2D eigenvalue weighted by Crippen LogP contribution is 2.06. The first-order valence-corrected chi connectivity index (χ1v) is 3.72. The Morgan fingerprint density at radius 3 is 3.00 bits per heavy atom. The Balaban J connectivity index is 2.79. The molecule has 11 heavy (non-hydrogen) atoms. The van der Waals surface area contributed by atoms with Crippen molar-refractivity contribution in [2.24, 2.45) is 5.73 Å². The molecule has 0 spiro atoms. The van der Waals surface area contributed by atoms with Gasteiger partial charge in [-0.05, 0) is 19.1 Å². The number of aromatic amines is 1. The number of thiocarbonyl (C=S) groups is 1. The highest BCUT2D eigenvalue weighted by molar-refractivity contribution is 7.80. The fourth-order valence-corrected chi connectivity index (χ4v) is 1.07. The molecule has 0 aromatic carbocycles. The second-order valence-corrected chi connectivity index (χ2v) is 2.44. The van der Waals surface area contributed by atoms with Crippen LogP contribution >= 0.6 is 12.2 Å². The number of anilines is 1. The highest BCUT2D eigenvalue weighted by atomic mass is 32.1. The monoisotopic (exact) mass is 170 g/mol. The van der Waals surface area contributed by atoms with Gasteiger partial charge in [0, 0.05) is 6.54 Å². The van der Waals surface area contributed by atoms with E-state index in [0.717, 1.165) is 12.4 Å². The molecule has 4 nitrogen and oxygen atoms in total. The van der Waals surface area contributed by atoms with E-state index in [1.165, 1.54) is 0 Å². The summed E-state index contributed by atoms with van der Waals surface area (Å²) in [5.74, 6) is 0.833. The summed E-state index contributed by atoms with van der Waals surface area (Å²) in [7, 11) is 0. The Labute approximate surface area is 70.4 Å². The molecule has 0 unspecified atom stereocenters. The molecule has 1 aromatic rings. The summed E-state index contributed by atoms with van der Waals surface area (Å²) in [6.45, 7) is 2.72. The zero-order valence-electron chi connectivity index (χ0n) is 6.24. The standard InChI is InChI=1S/C6H10N4S/c1-2-10(6(7)11)5-3-8-4-9-5/h3-4H,2H2,1H3,(H2,7,11)(H,8,9). The zero-order valence-corrected chi connectivity index (χ0v) is 7.06. The topological polar surface area (TPSA) is 57.9 Å². The second-order valence-electron chi connectivity index (χ2n) is 2.02. The van der Waals surface area contributed by atoms with Gasteiger partial charge in [0.05, 0.1) is 12.5 Å². The molecule has 3 N–H and O–H groups in total. The minimum Gasteiger partial charge on any atom is -0.376 e. The summed E-state index contributed by atoms with van der Waals surface area (Å²) in [4.78, 5) is 8.54. The number of H-pyrrole nitrogens is 1. The van der Waals surface area contributed by atoms with Crippen LogP contribution in [0, 0.1) is 0 Å². The van der Waals surface area contributed by atoms with Crippen molar-refractivity contribution in [3.8, 4) is 0 Å². The number of nitrogens with one attached hydrogen (secondary N) is 1. The first kappa shape index (κ1) is 8.00. The van der Waals surface area contributed by atoms with Crippen molar-refractivity contribution in [3.05, 3.63) is 12.5 Å². The van der Waals surface area contributed by atoms with Crippen LogP contribution in [0.15, 0.2) is 12.5 Å². The number of nitrogens with zero attached hydrogens (tertiary/aromatic N) is 2. The SMILES string of the molecule is CCN(C(N)=S)c1cnc[nH]1. The number of hydrogen-bond donors (Lipinski definition) is 2. The molecule has 0 aliphatic heterocycles. The summed E-state index contributed by atoms with van der Waals surface area (Å²) in [5, 5.41) is 0.358. The Morgan fingerprint density at radius 1 is 1.91 bits per heavy atom. The van der Waals surface area contributed by atoms with E-state index in [0.29, 0.717) is 5.11 Å². The number of aromatic nitrogens is 2. The summed E-state index contributed by atoms with van der Waals surface area (Å²) in [5.41, 5.74) is 5.45. The van der Waals surface area contributed by atoms with Gasteiger partial charge in [0.15, 0.2) is 5.11 Å². The molecule has 0 bridgehead atoms. The van der Waals surface area contributed by atoms with E-state index in [4.69, 9.17) is 18.0 Å². The molecule has 0 aliphatic rings. The molecule has 0 radical (unpaired) electrons. The first-order chi connectivity index (χ1) is 5.25. The van der Waals surface area contributed by atoms with Crippen LogP contribution in [0.5, 0.6) is 0 Å². The van der Waals surface area contributed by atoms with E-state index in [2.05, 4.69) is 9.97 Å². The largest absolute Gasteiger partial charge is 0.376 e. The maximum Gasteiger partial charge on any atom is 0.171 e. The third-order valence-corrected chi connectivity index (χ3v) is 1.58. The van der Waals surface area contributed by atoms with E-state index >= 15 is 0 Å². The molecule has 0 saturated carbocycles. The van der Waals surface area contributed by atoms with Gasteiger partial charge in [0.25, 0.3) is 0 Å². The van der Waals surface area contributed by atoms with E-state index in [-0.39, 0.29) is 0 Å². The third-order valence-electron chi connectivity index (χ3n) is 1.36. The van der Waals surface area contributed by atoms with Gasteiger partial charge in [-0.1, -0.05) is 0 Å². The molecular formula is C6H10N4S. The normalized spacial score (nSPS) is 9.55. The quantitative estimate of drug-likeness (QED) is 0.634. The molecule has 0 saturated heterocycles. The van der Waals surface area contributed by atoms with Gasteiger partial charge in [-0.3, -0.25) is 0 Å². The lowest BCUT2D eigenvalue weighted by Crippen LogP contribution is -2.35. The highest BCUT2D eigenvalue weighted by Gasteiger charge is 2.06. The van der Waals surface area contributed by atoms with Crippen molar-refractivity contribution in [3.63, 3.8) is 0 Å².